The molecule has 5 heteroatoms. The third kappa shape index (κ3) is 3.89. The monoisotopic (exact) mass is 315 g/mol. The number of halogens is 3. The summed E-state index contributed by atoms with van der Waals surface area (Å²) in [6.07, 6.45) is 1.13. The molecule has 1 atom stereocenters. The van der Waals surface area contributed by atoms with Crippen LogP contribution in [0, 0.1) is 0 Å². The lowest BCUT2D eigenvalue weighted by atomic mass is 10.1. The molecule has 0 radical (unpaired) electrons. The molecule has 1 rings (SSSR count). The van der Waals surface area contributed by atoms with Crippen LogP contribution in [0.4, 0.5) is 8.78 Å². The summed E-state index contributed by atoms with van der Waals surface area (Å²) in [7, 11) is 0. The summed E-state index contributed by atoms with van der Waals surface area (Å²) >= 11 is 2.28. The molecular weight excluding hydrogens is 303 g/mol. The van der Waals surface area contributed by atoms with E-state index in [-0.39, 0.29) is 5.91 Å². The van der Waals surface area contributed by atoms with Gasteiger partial charge in [0.15, 0.2) is 0 Å². The molecule has 0 bridgehead atoms. The summed E-state index contributed by atoms with van der Waals surface area (Å²) in [5.41, 5.74) is 0. The van der Waals surface area contributed by atoms with Gasteiger partial charge in [0.05, 0.1) is 0 Å². The Morgan fingerprint density at radius 2 is 2.29 bits per heavy atom. The molecule has 1 heterocycles. The highest BCUT2D eigenvalue weighted by atomic mass is 127. The Morgan fingerprint density at radius 3 is 2.86 bits per heavy atom. The fraction of sp³-hybridized carbons (Fsp3) is 0.667. The predicted octanol–water partition coefficient (Wildman–Crippen LogP) is 2.23. The number of amides is 1. The van der Waals surface area contributed by atoms with Crippen molar-refractivity contribution in [2.75, 3.05) is 13.1 Å². The zero-order valence-corrected chi connectivity index (χ0v) is 9.78. The van der Waals surface area contributed by atoms with Crippen molar-refractivity contribution < 1.29 is 13.6 Å². The van der Waals surface area contributed by atoms with Crippen LogP contribution in [0.2, 0.25) is 0 Å². The largest absolute Gasteiger partial charge is 0.338 e. The van der Waals surface area contributed by atoms with Crippen molar-refractivity contribution >= 4 is 28.5 Å². The zero-order valence-electron chi connectivity index (χ0n) is 7.63. The number of nitrogens with zero attached hydrogens (tertiary/aromatic N) is 1. The summed E-state index contributed by atoms with van der Waals surface area (Å²) in [6.45, 7) is 1.36. The van der Waals surface area contributed by atoms with Crippen molar-refractivity contribution in [1.29, 1.82) is 0 Å². The van der Waals surface area contributed by atoms with E-state index in [1.165, 1.54) is 0 Å². The van der Waals surface area contributed by atoms with Crippen LogP contribution < -0.4 is 0 Å². The highest BCUT2D eigenvalue weighted by Gasteiger charge is 2.20. The molecule has 14 heavy (non-hydrogen) atoms. The van der Waals surface area contributed by atoms with Crippen LogP contribution in [0.15, 0.2) is 12.2 Å². The van der Waals surface area contributed by atoms with Crippen molar-refractivity contribution in [2.45, 2.75) is 23.2 Å². The van der Waals surface area contributed by atoms with E-state index < -0.39 is 6.43 Å². The summed E-state index contributed by atoms with van der Waals surface area (Å²) in [5, 5.41) is 0. The minimum atomic E-state index is -2.54. The first-order valence-electron chi connectivity index (χ1n) is 4.49. The Labute approximate surface area is 95.5 Å². The summed E-state index contributed by atoms with van der Waals surface area (Å²) < 4.78 is 24.0. The Bertz CT molecular complexity index is 233. The van der Waals surface area contributed by atoms with Gasteiger partial charge in [-0.1, -0.05) is 22.6 Å². The molecule has 0 saturated carbocycles. The second kappa shape index (κ2) is 5.63. The summed E-state index contributed by atoms with van der Waals surface area (Å²) in [5.74, 6) is -0.299. The maximum atomic E-state index is 11.8. The van der Waals surface area contributed by atoms with Crippen molar-refractivity contribution in [3.63, 3.8) is 0 Å². The van der Waals surface area contributed by atoms with Crippen LogP contribution in [0.3, 0.4) is 0 Å². The fourth-order valence-corrected chi connectivity index (χ4v) is 2.30. The van der Waals surface area contributed by atoms with Crippen LogP contribution in [-0.4, -0.2) is 34.2 Å². The second-order valence-corrected chi connectivity index (χ2v) is 4.98. The van der Waals surface area contributed by atoms with Crippen LogP contribution >= 0.6 is 22.6 Å². The van der Waals surface area contributed by atoms with E-state index in [1.54, 1.807) is 4.90 Å². The minimum Gasteiger partial charge on any atom is -0.338 e. The Kier molecular flexibility index (Phi) is 4.77. The first-order valence-corrected chi connectivity index (χ1v) is 5.73. The molecule has 1 aliphatic heterocycles. The Balaban J connectivity index is 2.43. The van der Waals surface area contributed by atoms with E-state index in [0.717, 1.165) is 18.9 Å². The predicted molar refractivity (Wildman–Crippen MR) is 58.8 cm³/mol. The van der Waals surface area contributed by atoms with Gasteiger partial charge in [-0.25, -0.2) is 8.78 Å². The maximum absolute atomic E-state index is 11.8. The molecule has 0 aromatic carbocycles. The lowest BCUT2D eigenvalue weighted by molar-refractivity contribution is -0.126. The Morgan fingerprint density at radius 1 is 1.57 bits per heavy atom. The molecule has 80 valence electrons. The minimum absolute atomic E-state index is 0.299. The average Bonchev–Trinajstić information content (AvgIpc) is 2.14. The van der Waals surface area contributed by atoms with Gasteiger partial charge in [-0.3, -0.25) is 4.79 Å². The van der Waals surface area contributed by atoms with Gasteiger partial charge in [0, 0.05) is 23.1 Å². The second-order valence-electron chi connectivity index (χ2n) is 3.22. The normalized spacial score (nSPS) is 23.4. The number of allylic oxidation sites excluding steroid dienone is 1. The first kappa shape index (κ1) is 11.9. The van der Waals surface area contributed by atoms with E-state index in [2.05, 4.69) is 22.6 Å². The average molecular weight is 315 g/mol. The third-order valence-electron chi connectivity index (χ3n) is 2.06. The molecule has 0 aliphatic carbocycles. The quantitative estimate of drug-likeness (QED) is 0.435. The highest BCUT2D eigenvalue weighted by Crippen LogP contribution is 2.17. The number of likely N-dealkylation sites (tertiary alicyclic amines) is 1. The smallest absolute Gasteiger partial charge is 0.257 e. The van der Waals surface area contributed by atoms with E-state index in [4.69, 9.17) is 0 Å². The van der Waals surface area contributed by atoms with Crippen LogP contribution in [0.25, 0.3) is 0 Å². The van der Waals surface area contributed by atoms with E-state index in [9.17, 15) is 13.6 Å². The van der Waals surface area contributed by atoms with Crippen molar-refractivity contribution in [1.82, 2.24) is 4.90 Å². The van der Waals surface area contributed by atoms with Gasteiger partial charge in [0.1, 0.15) is 0 Å². The van der Waals surface area contributed by atoms with Crippen LogP contribution in [0.1, 0.15) is 12.8 Å². The van der Waals surface area contributed by atoms with Gasteiger partial charge in [-0.05, 0) is 18.9 Å². The number of carbonyl (C=O) groups excluding carboxylic acids is 1. The molecule has 0 aromatic heterocycles. The number of alkyl halides is 3. The van der Waals surface area contributed by atoms with Gasteiger partial charge in [0.2, 0.25) is 5.91 Å². The molecule has 1 aliphatic rings. The van der Waals surface area contributed by atoms with Crippen molar-refractivity contribution in [3.05, 3.63) is 12.2 Å². The number of piperidine rings is 1. The van der Waals surface area contributed by atoms with E-state index >= 15 is 0 Å². The maximum Gasteiger partial charge on any atom is 0.257 e. The third-order valence-corrected chi connectivity index (χ3v) is 3.08. The SMILES string of the molecule is O=C(/C=C/C(F)F)N1CCC[C@@H](I)C1. The molecule has 0 aromatic rings. The molecule has 0 spiro atoms. The highest BCUT2D eigenvalue weighted by molar-refractivity contribution is 14.1. The summed E-state index contributed by atoms with van der Waals surface area (Å²) in [4.78, 5) is 13.0. The molecule has 0 unspecified atom stereocenters. The molecule has 1 saturated heterocycles. The van der Waals surface area contributed by atoms with Crippen molar-refractivity contribution in [2.24, 2.45) is 0 Å². The molecule has 2 nitrogen and oxygen atoms in total. The standard InChI is InChI=1S/C9H12F2INO/c10-8(11)3-4-9(14)13-5-1-2-7(12)6-13/h3-4,7-8H,1-2,5-6H2/b4-3+/t7-/m1/s1. The lowest BCUT2D eigenvalue weighted by Crippen LogP contribution is -2.39. The fourth-order valence-electron chi connectivity index (χ4n) is 1.39. The topological polar surface area (TPSA) is 20.3 Å². The number of hydrogen-bond acceptors (Lipinski definition) is 1. The van der Waals surface area contributed by atoms with Crippen LogP contribution in [0.5, 0.6) is 0 Å². The number of rotatable bonds is 2. The van der Waals surface area contributed by atoms with Crippen molar-refractivity contribution in [3.8, 4) is 0 Å². The molecule has 1 amide bonds. The van der Waals surface area contributed by atoms with Crippen LogP contribution in [-0.2, 0) is 4.79 Å². The zero-order chi connectivity index (χ0) is 10.6. The van der Waals surface area contributed by atoms with Gasteiger partial charge >= 0.3 is 0 Å². The number of carbonyl (C=O) groups is 1. The van der Waals surface area contributed by atoms with Gasteiger partial charge < -0.3 is 4.90 Å². The van der Waals surface area contributed by atoms with E-state index in [1.807, 2.05) is 0 Å². The Hall–Kier alpha value is -0.200. The van der Waals surface area contributed by atoms with E-state index in [0.29, 0.717) is 23.1 Å². The number of hydrogen-bond donors (Lipinski definition) is 0. The van der Waals surface area contributed by atoms with Gasteiger partial charge in [-0.15, -0.1) is 0 Å². The first-order chi connectivity index (χ1) is 6.59. The molecule has 0 N–H and O–H groups in total. The molecule has 1 fully saturated rings. The van der Waals surface area contributed by atoms with Gasteiger partial charge in [0.25, 0.3) is 6.43 Å². The lowest BCUT2D eigenvalue weighted by Gasteiger charge is -2.29. The summed E-state index contributed by atoms with van der Waals surface area (Å²) in [6, 6.07) is 0. The van der Waals surface area contributed by atoms with Gasteiger partial charge in [-0.2, -0.15) is 0 Å². The molecular formula is C9H12F2INO.